The number of carbonyl (C=O) groups is 1. The van der Waals surface area contributed by atoms with Gasteiger partial charge in [-0.05, 0) is 25.7 Å². The van der Waals surface area contributed by atoms with Crippen molar-refractivity contribution < 1.29 is 14.3 Å². The van der Waals surface area contributed by atoms with E-state index in [-0.39, 0.29) is 5.91 Å². The van der Waals surface area contributed by atoms with Gasteiger partial charge in [0.2, 0.25) is 5.91 Å². The Kier molecular flexibility index (Phi) is 8.79. The molecule has 1 atom stereocenters. The number of nitrogens with two attached hydrogens (primary N) is 1. The highest BCUT2D eigenvalue weighted by atomic mass is 16.5. The van der Waals surface area contributed by atoms with E-state index in [9.17, 15) is 4.79 Å². The molecule has 1 unspecified atom stereocenters. The third-order valence-electron chi connectivity index (χ3n) is 3.50. The first kappa shape index (κ1) is 16.4. The van der Waals surface area contributed by atoms with E-state index in [2.05, 4.69) is 5.32 Å². The fourth-order valence-electron chi connectivity index (χ4n) is 2.27. The summed E-state index contributed by atoms with van der Waals surface area (Å²) in [6.45, 7) is 1.86. The number of rotatable bonds is 9. The first-order valence-electron chi connectivity index (χ1n) is 7.38. The normalized spacial score (nSPS) is 18.2. The Morgan fingerprint density at radius 3 is 2.74 bits per heavy atom. The fourth-order valence-corrected chi connectivity index (χ4v) is 2.27. The lowest BCUT2D eigenvalue weighted by atomic mass is 9.98. The monoisotopic (exact) mass is 272 g/mol. The average molecular weight is 272 g/mol. The van der Waals surface area contributed by atoms with E-state index in [0.29, 0.717) is 25.7 Å². The van der Waals surface area contributed by atoms with Gasteiger partial charge in [-0.3, -0.25) is 4.79 Å². The highest BCUT2D eigenvalue weighted by molar-refractivity contribution is 5.81. The van der Waals surface area contributed by atoms with Crippen LogP contribution >= 0.6 is 0 Å². The Hall–Kier alpha value is -0.650. The van der Waals surface area contributed by atoms with Crippen molar-refractivity contribution >= 4 is 5.91 Å². The molecule has 5 heteroatoms. The van der Waals surface area contributed by atoms with Crippen molar-refractivity contribution in [2.24, 2.45) is 5.73 Å². The van der Waals surface area contributed by atoms with E-state index in [1.165, 1.54) is 32.1 Å². The molecule has 1 aliphatic rings. The molecule has 0 heterocycles. The second kappa shape index (κ2) is 10.2. The zero-order valence-electron chi connectivity index (χ0n) is 12.0. The van der Waals surface area contributed by atoms with Crippen molar-refractivity contribution in [1.29, 1.82) is 0 Å². The largest absolute Gasteiger partial charge is 0.385 e. The van der Waals surface area contributed by atoms with Gasteiger partial charge in [-0.1, -0.05) is 19.3 Å². The van der Waals surface area contributed by atoms with Crippen molar-refractivity contribution in [2.75, 3.05) is 26.9 Å². The predicted molar refractivity (Wildman–Crippen MR) is 74.9 cm³/mol. The number of methoxy groups -OCH3 is 1. The van der Waals surface area contributed by atoms with Crippen LogP contribution in [0.15, 0.2) is 0 Å². The van der Waals surface area contributed by atoms with Crippen molar-refractivity contribution in [3.63, 3.8) is 0 Å². The van der Waals surface area contributed by atoms with E-state index < -0.39 is 6.04 Å². The van der Waals surface area contributed by atoms with Gasteiger partial charge in [-0.2, -0.15) is 0 Å². The molecule has 0 aliphatic heterocycles. The topological polar surface area (TPSA) is 73.6 Å². The van der Waals surface area contributed by atoms with Crippen LogP contribution in [-0.4, -0.2) is 44.9 Å². The quantitative estimate of drug-likeness (QED) is 0.619. The predicted octanol–water partition coefficient (Wildman–Crippen LogP) is 1.21. The smallest absolute Gasteiger partial charge is 0.237 e. The number of ether oxygens (including phenoxy) is 2. The molecule has 0 saturated heterocycles. The minimum atomic E-state index is -0.473. The summed E-state index contributed by atoms with van der Waals surface area (Å²) in [5.41, 5.74) is 5.71. The first-order valence-corrected chi connectivity index (χ1v) is 7.38. The summed E-state index contributed by atoms with van der Waals surface area (Å²) in [7, 11) is 1.60. The molecule has 0 spiro atoms. The van der Waals surface area contributed by atoms with Gasteiger partial charge in [0.05, 0.1) is 12.1 Å². The van der Waals surface area contributed by atoms with Gasteiger partial charge >= 0.3 is 0 Å². The van der Waals surface area contributed by atoms with Crippen LogP contribution < -0.4 is 11.1 Å². The zero-order chi connectivity index (χ0) is 13.9. The highest BCUT2D eigenvalue weighted by Gasteiger charge is 2.14. The number of amides is 1. The molecule has 0 aromatic carbocycles. The van der Waals surface area contributed by atoms with Gasteiger partial charge in [0.25, 0.3) is 0 Å². The highest BCUT2D eigenvalue weighted by Crippen LogP contribution is 2.20. The van der Waals surface area contributed by atoms with E-state index in [1.807, 2.05) is 0 Å². The van der Waals surface area contributed by atoms with Crippen LogP contribution in [0.5, 0.6) is 0 Å². The lowest BCUT2D eigenvalue weighted by molar-refractivity contribution is -0.122. The third kappa shape index (κ3) is 7.50. The maximum atomic E-state index is 11.6. The number of hydrogen-bond donors (Lipinski definition) is 2. The van der Waals surface area contributed by atoms with Gasteiger partial charge in [0.1, 0.15) is 0 Å². The summed E-state index contributed by atoms with van der Waals surface area (Å²) in [6.07, 6.45) is 8.14. The number of hydrogen-bond acceptors (Lipinski definition) is 4. The van der Waals surface area contributed by atoms with E-state index in [4.69, 9.17) is 15.2 Å². The van der Waals surface area contributed by atoms with Gasteiger partial charge in [0.15, 0.2) is 0 Å². The van der Waals surface area contributed by atoms with Gasteiger partial charge in [-0.25, -0.2) is 0 Å². The Labute approximate surface area is 116 Å². The van der Waals surface area contributed by atoms with Gasteiger partial charge < -0.3 is 20.5 Å². The average Bonchev–Trinajstić information content (AvgIpc) is 2.45. The van der Waals surface area contributed by atoms with Crippen LogP contribution in [0.4, 0.5) is 0 Å². The van der Waals surface area contributed by atoms with Crippen molar-refractivity contribution in [3.05, 3.63) is 0 Å². The van der Waals surface area contributed by atoms with Crippen molar-refractivity contribution in [1.82, 2.24) is 5.32 Å². The molecule has 1 fully saturated rings. The van der Waals surface area contributed by atoms with E-state index in [0.717, 1.165) is 13.0 Å². The molecule has 1 rings (SSSR count). The third-order valence-corrected chi connectivity index (χ3v) is 3.50. The summed E-state index contributed by atoms with van der Waals surface area (Å²) in [5.74, 6) is -0.102. The van der Waals surface area contributed by atoms with Crippen LogP contribution in [0, 0.1) is 0 Å². The summed E-state index contributed by atoms with van der Waals surface area (Å²) in [5, 5.41) is 2.83. The SMILES string of the molecule is COCCC(N)C(=O)NCCCOC1CCCCC1. The fraction of sp³-hybridized carbons (Fsp3) is 0.929. The molecule has 5 nitrogen and oxygen atoms in total. The Morgan fingerprint density at radius 2 is 2.05 bits per heavy atom. The molecule has 112 valence electrons. The summed E-state index contributed by atoms with van der Waals surface area (Å²) < 4.78 is 10.7. The number of nitrogens with one attached hydrogen (secondary N) is 1. The lowest BCUT2D eigenvalue weighted by Crippen LogP contribution is -2.41. The van der Waals surface area contributed by atoms with Crippen LogP contribution in [0.1, 0.15) is 44.9 Å². The van der Waals surface area contributed by atoms with Crippen LogP contribution in [-0.2, 0) is 14.3 Å². The maximum absolute atomic E-state index is 11.6. The van der Waals surface area contributed by atoms with Crippen LogP contribution in [0.2, 0.25) is 0 Å². The Balaban J connectivity index is 1.95. The van der Waals surface area contributed by atoms with Gasteiger partial charge in [-0.15, -0.1) is 0 Å². The molecule has 0 bridgehead atoms. The van der Waals surface area contributed by atoms with E-state index >= 15 is 0 Å². The maximum Gasteiger partial charge on any atom is 0.237 e. The second-order valence-corrected chi connectivity index (χ2v) is 5.16. The second-order valence-electron chi connectivity index (χ2n) is 5.16. The van der Waals surface area contributed by atoms with Crippen LogP contribution in [0.25, 0.3) is 0 Å². The molecule has 0 aromatic heterocycles. The molecule has 19 heavy (non-hydrogen) atoms. The molecule has 0 aromatic rings. The molecule has 3 N–H and O–H groups in total. The molecular formula is C14H28N2O3. The summed E-state index contributed by atoms with van der Waals surface area (Å²) in [4.78, 5) is 11.6. The minimum Gasteiger partial charge on any atom is -0.385 e. The minimum absolute atomic E-state index is 0.102. The lowest BCUT2D eigenvalue weighted by Gasteiger charge is -2.22. The zero-order valence-corrected chi connectivity index (χ0v) is 12.0. The molecule has 0 radical (unpaired) electrons. The van der Waals surface area contributed by atoms with Crippen LogP contribution in [0.3, 0.4) is 0 Å². The van der Waals surface area contributed by atoms with Crippen molar-refractivity contribution in [3.8, 4) is 0 Å². The molecular weight excluding hydrogens is 244 g/mol. The standard InChI is InChI=1S/C14H28N2O3/c1-18-11-8-13(15)14(17)16-9-5-10-19-12-6-3-2-4-7-12/h12-13H,2-11,15H2,1H3,(H,16,17). The molecule has 1 amide bonds. The molecule has 1 aliphatic carbocycles. The van der Waals surface area contributed by atoms with Crippen molar-refractivity contribution in [2.45, 2.75) is 57.1 Å². The van der Waals surface area contributed by atoms with E-state index in [1.54, 1.807) is 7.11 Å². The molecule has 1 saturated carbocycles. The summed E-state index contributed by atoms with van der Waals surface area (Å²) >= 11 is 0. The first-order chi connectivity index (χ1) is 9.24. The Morgan fingerprint density at radius 1 is 1.32 bits per heavy atom. The Bertz CT molecular complexity index is 243. The van der Waals surface area contributed by atoms with Gasteiger partial charge in [0, 0.05) is 26.9 Å². The number of carbonyl (C=O) groups excluding carboxylic acids is 1. The summed E-state index contributed by atoms with van der Waals surface area (Å²) in [6, 6.07) is -0.473.